The molecular formula is C22H32N2O6S. The van der Waals surface area contributed by atoms with Crippen molar-refractivity contribution in [2.75, 3.05) is 6.54 Å². The number of thiophene rings is 1. The summed E-state index contributed by atoms with van der Waals surface area (Å²) in [5, 5.41) is 11.2. The summed E-state index contributed by atoms with van der Waals surface area (Å²) >= 11 is 0.902. The Morgan fingerprint density at radius 3 is 2.13 bits per heavy atom. The Kier molecular flexibility index (Phi) is 11.6. The largest absolute Gasteiger partial charge is 0.458 e. The van der Waals surface area contributed by atoms with Gasteiger partial charge in [0.25, 0.3) is 0 Å². The van der Waals surface area contributed by atoms with E-state index in [-0.39, 0.29) is 27.7 Å². The third kappa shape index (κ3) is 8.58. The topological polar surface area (TPSA) is 115 Å². The number of nitrogens with one attached hydrogen (secondary N) is 1. The molecule has 0 fully saturated rings. The molecule has 0 saturated heterocycles. The van der Waals surface area contributed by atoms with Crippen molar-refractivity contribution in [3.63, 3.8) is 0 Å². The predicted octanol–water partition coefficient (Wildman–Crippen LogP) is 5.14. The van der Waals surface area contributed by atoms with Crippen molar-refractivity contribution in [3.05, 3.63) is 15.3 Å². The summed E-state index contributed by atoms with van der Waals surface area (Å²) in [6.07, 6.45) is 2.72. The van der Waals surface area contributed by atoms with Crippen molar-refractivity contribution in [1.29, 1.82) is 5.26 Å². The van der Waals surface area contributed by atoms with Gasteiger partial charge in [-0.1, -0.05) is 20.3 Å². The van der Waals surface area contributed by atoms with Crippen LogP contribution in [-0.2, 0) is 9.47 Å². The number of rotatable bonds is 12. The first-order valence-electron chi connectivity index (χ1n) is 10.6. The number of unbranched alkanes of at least 4 members (excludes halogenated alkanes) is 3. The molecule has 0 radical (unpaired) electrons. The summed E-state index contributed by atoms with van der Waals surface area (Å²) in [7, 11) is 0. The van der Waals surface area contributed by atoms with Gasteiger partial charge in [0.2, 0.25) is 0 Å². The molecule has 172 valence electrons. The Labute approximate surface area is 187 Å². The minimum absolute atomic E-state index is 0.0105. The SMILES string of the molecule is CCC(C)OC(=O)c1sc(C(=O)OC(C)CC)c(OC(=O)NCCCCCC#N)c1C. The number of esters is 2. The van der Waals surface area contributed by atoms with Crippen LogP contribution in [0.15, 0.2) is 0 Å². The first-order chi connectivity index (χ1) is 14.7. The average molecular weight is 453 g/mol. The maximum atomic E-state index is 12.6. The van der Waals surface area contributed by atoms with Crippen LogP contribution in [0.2, 0.25) is 0 Å². The summed E-state index contributed by atoms with van der Waals surface area (Å²) < 4.78 is 16.2. The first-order valence-corrected chi connectivity index (χ1v) is 11.4. The standard InChI is InChI=1S/C22H32N2O6S/c1-6-14(3)28-20(25)18-16(5)17(19(31-18)21(26)29-15(4)7-2)30-22(27)24-13-11-9-8-10-12-23/h14-15H,6-11,13H2,1-5H3,(H,24,27). The fourth-order valence-corrected chi connectivity index (χ4v) is 3.41. The maximum absolute atomic E-state index is 12.6. The first kappa shape index (κ1) is 26.4. The molecule has 1 aromatic rings. The third-order valence-corrected chi connectivity index (χ3v) is 5.89. The lowest BCUT2D eigenvalue weighted by Crippen LogP contribution is -2.28. The van der Waals surface area contributed by atoms with Crippen LogP contribution >= 0.6 is 11.3 Å². The van der Waals surface area contributed by atoms with Gasteiger partial charge in [-0.3, -0.25) is 0 Å². The molecule has 2 atom stereocenters. The number of hydrogen-bond donors (Lipinski definition) is 1. The predicted molar refractivity (Wildman–Crippen MR) is 118 cm³/mol. The zero-order chi connectivity index (χ0) is 23.4. The molecular weight excluding hydrogens is 420 g/mol. The van der Waals surface area contributed by atoms with Crippen LogP contribution in [0.5, 0.6) is 5.75 Å². The van der Waals surface area contributed by atoms with Crippen LogP contribution in [0.4, 0.5) is 4.79 Å². The Bertz CT molecular complexity index is 799. The van der Waals surface area contributed by atoms with E-state index in [1.807, 2.05) is 13.8 Å². The number of nitriles is 1. The number of amides is 1. The van der Waals surface area contributed by atoms with E-state index in [1.54, 1.807) is 20.8 Å². The molecule has 1 rings (SSSR count). The van der Waals surface area contributed by atoms with E-state index < -0.39 is 18.0 Å². The second-order valence-electron chi connectivity index (χ2n) is 7.25. The van der Waals surface area contributed by atoms with Crippen molar-refractivity contribution in [2.24, 2.45) is 0 Å². The highest BCUT2D eigenvalue weighted by Gasteiger charge is 2.30. The van der Waals surface area contributed by atoms with Crippen LogP contribution < -0.4 is 10.1 Å². The molecule has 0 aliphatic carbocycles. The minimum atomic E-state index is -0.722. The van der Waals surface area contributed by atoms with E-state index in [2.05, 4.69) is 11.4 Å². The second kappa shape index (κ2) is 13.7. The molecule has 2 unspecified atom stereocenters. The van der Waals surface area contributed by atoms with E-state index in [1.165, 1.54) is 0 Å². The normalized spacial score (nSPS) is 12.4. The van der Waals surface area contributed by atoms with Gasteiger partial charge in [0.1, 0.15) is 4.88 Å². The molecule has 1 aromatic heterocycles. The van der Waals surface area contributed by atoms with Gasteiger partial charge in [-0.05, 0) is 46.5 Å². The quantitative estimate of drug-likeness (QED) is 0.345. The van der Waals surface area contributed by atoms with Crippen LogP contribution in [0.1, 0.15) is 91.1 Å². The molecule has 1 amide bonds. The van der Waals surface area contributed by atoms with Gasteiger partial charge in [0.15, 0.2) is 10.6 Å². The third-order valence-electron chi connectivity index (χ3n) is 4.66. The highest BCUT2D eigenvalue weighted by molar-refractivity contribution is 7.16. The molecule has 1 N–H and O–H groups in total. The minimum Gasteiger partial charge on any atom is -0.458 e. The number of carbonyl (C=O) groups is 3. The van der Waals surface area contributed by atoms with Crippen molar-refractivity contribution in [2.45, 2.75) is 85.4 Å². The molecule has 0 spiro atoms. The van der Waals surface area contributed by atoms with Crippen LogP contribution in [0, 0.1) is 18.3 Å². The zero-order valence-corrected chi connectivity index (χ0v) is 19.7. The van der Waals surface area contributed by atoms with Gasteiger partial charge in [-0.15, -0.1) is 11.3 Å². The number of hydrogen-bond acceptors (Lipinski definition) is 8. The lowest BCUT2D eigenvalue weighted by atomic mass is 10.2. The number of ether oxygens (including phenoxy) is 3. The van der Waals surface area contributed by atoms with Gasteiger partial charge in [-0.2, -0.15) is 5.26 Å². The van der Waals surface area contributed by atoms with Crippen molar-refractivity contribution >= 4 is 29.4 Å². The van der Waals surface area contributed by atoms with Crippen molar-refractivity contribution in [1.82, 2.24) is 5.32 Å². The molecule has 0 aromatic carbocycles. The Balaban J connectivity index is 2.98. The Morgan fingerprint density at radius 2 is 1.58 bits per heavy atom. The fraction of sp³-hybridized carbons (Fsp3) is 0.636. The average Bonchev–Trinajstić information content (AvgIpc) is 3.06. The smallest absolute Gasteiger partial charge is 0.412 e. The van der Waals surface area contributed by atoms with Gasteiger partial charge in [0.05, 0.1) is 18.3 Å². The molecule has 8 nitrogen and oxygen atoms in total. The van der Waals surface area contributed by atoms with E-state index in [0.717, 1.165) is 24.2 Å². The Hall–Kier alpha value is -2.60. The van der Waals surface area contributed by atoms with Gasteiger partial charge in [0, 0.05) is 18.5 Å². The summed E-state index contributed by atoms with van der Waals surface area (Å²) in [4.78, 5) is 37.7. The number of carbonyl (C=O) groups excluding carboxylic acids is 3. The molecule has 0 aliphatic heterocycles. The van der Waals surface area contributed by atoms with E-state index in [4.69, 9.17) is 19.5 Å². The highest BCUT2D eigenvalue weighted by atomic mass is 32.1. The molecule has 1 heterocycles. The molecule has 9 heteroatoms. The fourth-order valence-electron chi connectivity index (χ4n) is 2.41. The summed E-state index contributed by atoms with van der Waals surface area (Å²) in [5.41, 5.74) is 0.360. The zero-order valence-electron chi connectivity index (χ0n) is 18.9. The van der Waals surface area contributed by atoms with Crippen LogP contribution in [-0.4, -0.2) is 36.8 Å². The monoisotopic (exact) mass is 452 g/mol. The summed E-state index contributed by atoms with van der Waals surface area (Å²) in [6, 6.07) is 2.07. The van der Waals surface area contributed by atoms with Gasteiger partial charge in [-0.25, -0.2) is 14.4 Å². The lowest BCUT2D eigenvalue weighted by molar-refractivity contribution is 0.0329. The lowest BCUT2D eigenvalue weighted by Gasteiger charge is -2.12. The van der Waals surface area contributed by atoms with Crippen molar-refractivity contribution < 1.29 is 28.6 Å². The maximum Gasteiger partial charge on any atom is 0.412 e. The van der Waals surface area contributed by atoms with Gasteiger partial charge >= 0.3 is 18.0 Å². The van der Waals surface area contributed by atoms with E-state index >= 15 is 0 Å². The van der Waals surface area contributed by atoms with Gasteiger partial charge < -0.3 is 19.5 Å². The van der Waals surface area contributed by atoms with Crippen molar-refractivity contribution in [3.8, 4) is 11.8 Å². The summed E-state index contributed by atoms with van der Waals surface area (Å²) in [6.45, 7) is 9.30. The summed E-state index contributed by atoms with van der Waals surface area (Å²) in [5.74, 6) is -1.21. The van der Waals surface area contributed by atoms with E-state index in [0.29, 0.717) is 37.8 Å². The molecule has 0 aliphatic rings. The van der Waals surface area contributed by atoms with E-state index in [9.17, 15) is 14.4 Å². The van der Waals surface area contributed by atoms with Crippen LogP contribution in [0.25, 0.3) is 0 Å². The Morgan fingerprint density at radius 1 is 1.00 bits per heavy atom. The molecule has 31 heavy (non-hydrogen) atoms. The number of nitrogens with zero attached hydrogens (tertiary/aromatic N) is 1. The highest BCUT2D eigenvalue weighted by Crippen LogP contribution is 2.36. The second-order valence-corrected chi connectivity index (χ2v) is 8.27. The molecule has 0 bridgehead atoms. The van der Waals surface area contributed by atoms with Crippen LogP contribution in [0.3, 0.4) is 0 Å². The molecule has 0 saturated carbocycles.